The summed E-state index contributed by atoms with van der Waals surface area (Å²) in [5.74, 6) is 0. The summed E-state index contributed by atoms with van der Waals surface area (Å²) in [4.78, 5) is 1.25. The standard InChI is InChI=1S/C10H8N2S.C2H6/c1-12-9-5-3-2-4-7(9)8-6-11-13-10(8)12;1-2/h2-6H,1H3;1-2H3. The van der Waals surface area contributed by atoms with Gasteiger partial charge in [0.2, 0.25) is 0 Å². The quantitative estimate of drug-likeness (QED) is 0.561. The second kappa shape index (κ2) is 4.03. The van der Waals surface area contributed by atoms with E-state index in [0.29, 0.717) is 0 Å². The fraction of sp³-hybridized carbons (Fsp3) is 0.250. The molecule has 0 aliphatic carbocycles. The monoisotopic (exact) mass is 218 g/mol. The molecule has 0 unspecified atom stereocenters. The summed E-state index contributed by atoms with van der Waals surface area (Å²) >= 11 is 1.55. The molecule has 15 heavy (non-hydrogen) atoms. The number of aryl methyl sites for hydroxylation is 1. The summed E-state index contributed by atoms with van der Waals surface area (Å²) in [6.45, 7) is 4.00. The number of hydrogen-bond acceptors (Lipinski definition) is 2. The molecule has 3 rings (SSSR count). The van der Waals surface area contributed by atoms with Gasteiger partial charge in [-0.1, -0.05) is 32.0 Å². The first-order chi connectivity index (χ1) is 7.38. The van der Waals surface area contributed by atoms with Crippen molar-refractivity contribution in [1.82, 2.24) is 8.94 Å². The number of para-hydroxylation sites is 1. The van der Waals surface area contributed by atoms with Gasteiger partial charge in [0.25, 0.3) is 0 Å². The Balaban J connectivity index is 0.000000404. The highest BCUT2D eigenvalue weighted by Crippen LogP contribution is 2.29. The molecule has 0 spiro atoms. The molecule has 2 aromatic heterocycles. The number of nitrogens with zero attached hydrogens (tertiary/aromatic N) is 2. The van der Waals surface area contributed by atoms with Gasteiger partial charge in [-0.2, -0.15) is 4.37 Å². The highest BCUT2D eigenvalue weighted by atomic mass is 32.1. The van der Waals surface area contributed by atoms with Crippen LogP contribution in [-0.4, -0.2) is 8.94 Å². The molecule has 0 bridgehead atoms. The molecule has 3 heteroatoms. The average Bonchev–Trinajstić information content (AvgIpc) is 2.87. The largest absolute Gasteiger partial charge is 0.334 e. The molecular weight excluding hydrogens is 204 g/mol. The molecular formula is C12H14N2S. The molecule has 0 radical (unpaired) electrons. The Bertz CT molecular complexity index is 577. The third-order valence-electron chi connectivity index (χ3n) is 2.41. The van der Waals surface area contributed by atoms with Gasteiger partial charge in [-0.3, -0.25) is 0 Å². The van der Waals surface area contributed by atoms with Crippen molar-refractivity contribution in [2.24, 2.45) is 7.05 Å². The first-order valence-corrected chi connectivity index (χ1v) is 5.93. The van der Waals surface area contributed by atoms with Gasteiger partial charge in [0, 0.05) is 23.3 Å². The van der Waals surface area contributed by atoms with Crippen LogP contribution in [0.15, 0.2) is 30.5 Å². The smallest absolute Gasteiger partial charge is 0.124 e. The summed E-state index contributed by atoms with van der Waals surface area (Å²) in [7, 11) is 2.09. The lowest BCUT2D eigenvalue weighted by Gasteiger charge is -1.93. The summed E-state index contributed by atoms with van der Waals surface area (Å²) in [5.41, 5.74) is 1.28. The molecule has 2 nitrogen and oxygen atoms in total. The lowest BCUT2D eigenvalue weighted by atomic mass is 10.2. The topological polar surface area (TPSA) is 17.8 Å². The van der Waals surface area contributed by atoms with Crippen molar-refractivity contribution in [3.63, 3.8) is 0 Å². The van der Waals surface area contributed by atoms with Gasteiger partial charge >= 0.3 is 0 Å². The maximum absolute atomic E-state index is 4.19. The third-order valence-corrected chi connectivity index (χ3v) is 3.29. The van der Waals surface area contributed by atoms with Gasteiger partial charge in [-0.05, 0) is 17.6 Å². The Kier molecular flexibility index (Phi) is 2.73. The highest BCUT2D eigenvalue weighted by Gasteiger charge is 2.07. The zero-order chi connectivity index (χ0) is 10.8. The minimum atomic E-state index is 1.25. The lowest BCUT2D eigenvalue weighted by molar-refractivity contribution is 1.02. The second-order valence-corrected chi connectivity index (χ2v) is 3.90. The number of rotatable bonds is 0. The number of aromatic nitrogens is 2. The lowest BCUT2D eigenvalue weighted by Crippen LogP contribution is -1.83. The van der Waals surface area contributed by atoms with Crippen molar-refractivity contribution < 1.29 is 0 Å². The van der Waals surface area contributed by atoms with Gasteiger partial charge in [0.1, 0.15) is 4.83 Å². The van der Waals surface area contributed by atoms with E-state index in [-0.39, 0.29) is 0 Å². The fourth-order valence-corrected chi connectivity index (χ4v) is 2.50. The maximum atomic E-state index is 4.19. The normalized spacial score (nSPS) is 10.3. The highest BCUT2D eigenvalue weighted by molar-refractivity contribution is 7.13. The van der Waals surface area contributed by atoms with Crippen molar-refractivity contribution in [3.05, 3.63) is 30.5 Å². The summed E-state index contributed by atoms with van der Waals surface area (Å²) in [6.07, 6.45) is 1.95. The van der Waals surface area contributed by atoms with Crippen LogP contribution < -0.4 is 0 Å². The van der Waals surface area contributed by atoms with E-state index in [1.165, 1.54) is 21.1 Å². The minimum Gasteiger partial charge on any atom is -0.334 e. The van der Waals surface area contributed by atoms with Crippen LogP contribution in [0.2, 0.25) is 0 Å². The summed E-state index contributed by atoms with van der Waals surface area (Å²) < 4.78 is 6.39. The van der Waals surface area contributed by atoms with Crippen LogP contribution >= 0.6 is 11.5 Å². The van der Waals surface area contributed by atoms with Crippen LogP contribution in [0.1, 0.15) is 13.8 Å². The molecule has 2 heterocycles. The van der Waals surface area contributed by atoms with E-state index in [4.69, 9.17) is 0 Å². The molecule has 0 fully saturated rings. The predicted molar refractivity (Wildman–Crippen MR) is 67.4 cm³/mol. The van der Waals surface area contributed by atoms with E-state index in [0.717, 1.165) is 0 Å². The van der Waals surface area contributed by atoms with E-state index in [9.17, 15) is 0 Å². The van der Waals surface area contributed by atoms with Gasteiger partial charge in [0.05, 0.1) is 6.20 Å². The Morgan fingerprint density at radius 2 is 1.87 bits per heavy atom. The van der Waals surface area contributed by atoms with Gasteiger partial charge in [-0.15, -0.1) is 0 Å². The van der Waals surface area contributed by atoms with Crippen LogP contribution in [0.4, 0.5) is 0 Å². The Morgan fingerprint density at radius 1 is 1.13 bits per heavy atom. The molecule has 0 aliphatic heterocycles. The number of benzene rings is 1. The van der Waals surface area contributed by atoms with Crippen molar-refractivity contribution in [1.29, 1.82) is 0 Å². The minimum absolute atomic E-state index is 1.25. The fourth-order valence-electron chi connectivity index (χ4n) is 1.76. The number of hydrogen-bond donors (Lipinski definition) is 0. The van der Waals surface area contributed by atoms with Crippen LogP contribution in [0.25, 0.3) is 21.1 Å². The Hall–Kier alpha value is -1.35. The van der Waals surface area contributed by atoms with Crippen LogP contribution in [0, 0.1) is 0 Å². The predicted octanol–water partition coefficient (Wildman–Crippen LogP) is 3.81. The summed E-state index contributed by atoms with van der Waals surface area (Å²) in [5, 5.41) is 2.57. The third kappa shape index (κ3) is 1.43. The zero-order valence-electron chi connectivity index (χ0n) is 9.19. The average molecular weight is 218 g/mol. The van der Waals surface area contributed by atoms with Crippen LogP contribution in [0.5, 0.6) is 0 Å². The van der Waals surface area contributed by atoms with Crippen LogP contribution in [-0.2, 0) is 7.05 Å². The second-order valence-electron chi connectivity index (χ2n) is 3.12. The zero-order valence-corrected chi connectivity index (χ0v) is 10.0. The Labute approximate surface area is 93.3 Å². The molecule has 0 amide bonds. The number of fused-ring (bicyclic) bond motifs is 3. The molecule has 0 aliphatic rings. The molecule has 0 saturated heterocycles. The molecule has 78 valence electrons. The maximum Gasteiger partial charge on any atom is 0.124 e. The first-order valence-electron chi connectivity index (χ1n) is 5.16. The van der Waals surface area contributed by atoms with E-state index >= 15 is 0 Å². The molecule has 0 atom stereocenters. The summed E-state index contributed by atoms with van der Waals surface area (Å²) in [6, 6.07) is 8.42. The van der Waals surface area contributed by atoms with E-state index < -0.39 is 0 Å². The van der Waals surface area contributed by atoms with Crippen molar-refractivity contribution in [3.8, 4) is 0 Å². The van der Waals surface area contributed by atoms with Crippen molar-refractivity contribution in [2.45, 2.75) is 13.8 Å². The van der Waals surface area contributed by atoms with E-state index in [2.05, 4.69) is 40.3 Å². The molecule has 1 aromatic carbocycles. The Morgan fingerprint density at radius 3 is 2.67 bits per heavy atom. The molecule has 3 aromatic rings. The first kappa shape index (κ1) is 10.2. The van der Waals surface area contributed by atoms with E-state index in [1.807, 2.05) is 20.0 Å². The van der Waals surface area contributed by atoms with Gasteiger partial charge in [-0.25, -0.2) is 0 Å². The van der Waals surface area contributed by atoms with Crippen LogP contribution in [0.3, 0.4) is 0 Å². The van der Waals surface area contributed by atoms with Gasteiger partial charge in [0.15, 0.2) is 0 Å². The van der Waals surface area contributed by atoms with E-state index in [1.54, 1.807) is 11.5 Å². The van der Waals surface area contributed by atoms with Gasteiger partial charge < -0.3 is 4.57 Å². The van der Waals surface area contributed by atoms with Crippen molar-refractivity contribution in [2.75, 3.05) is 0 Å². The molecule has 0 saturated carbocycles. The molecule has 0 N–H and O–H groups in total. The SMILES string of the molecule is CC.Cn1c2ccccc2c2cnsc21. The van der Waals surface area contributed by atoms with Crippen molar-refractivity contribution >= 4 is 32.7 Å².